The highest BCUT2D eigenvalue weighted by Crippen LogP contribution is 2.24. The van der Waals surface area contributed by atoms with Crippen molar-refractivity contribution in [3.8, 4) is 0 Å². The Morgan fingerprint density at radius 1 is 1.59 bits per heavy atom. The van der Waals surface area contributed by atoms with E-state index >= 15 is 0 Å². The van der Waals surface area contributed by atoms with Crippen molar-refractivity contribution >= 4 is 11.8 Å². The Labute approximate surface area is 99.7 Å². The molecule has 2 heterocycles. The normalized spacial score (nSPS) is 21.5. The van der Waals surface area contributed by atoms with E-state index in [2.05, 4.69) is 9.88 Å². The van der Waals surface area contributed by atoms with Gasteiger partial charge in [-0.05, 0) is 25.5 Å². The summed E-state index contributed by atoms with van der Waals surface area (Å²) >= 11 is 0. The van der Waals surface area contributed by atoms with Gasteiger partial charge in [0.25, 0.3) is 0 Å². The topological polar surface area (TPSA) is 73.7 Å². The second-order valence-electron chi connectivity index (χ2n) is 4.45. The smallest absolute Gasteiger partial charge is 0.337 e. The lowest BCUT2D eigenvalue weighted by molar-refractivity contribution is 0.0696. The van der Waals surface area contributed by atoms with Crippen LogP contribution in [0.4, 0.5) is 5.82 Å². The summed E-state index contributed by atoms with van der Waals surface area (Å²) in [6, 6.07) is 3.27. The molecule has 0 radical (unpaired) electrons. The van der Waals surface area contributed by atoms with Gasteiger partial charge in [0, 0.05) is 25.2 Å². The van der Waals surface area contributed by atoms with Crippen molar-refractivity contribution in [3.05, 3.63) is 23.9 Å². The summed E-state index contributed by atoms with van der Waals surface area (Å²) in [5, 5.41) is 18.3. The monoisotopic (exact) mass is 236 g/mol. The zero-order valence-electron chi connectivity index (χ0n) is 9.71. The molecule has 1 aromatic heterocycles. The largest absolute Gasteiger partial charge is 0.478 e. The van der Waals surface area contributed by atoms with Gasteiger partial charge in [0.05, 0.1) is 11.7 Å². The molecule has 1 aliphatic heterocycles. The van der Waals surface area contributed by atoms with Gasteiger partial charge in [0.1, 0.15) is 5.82 Å². The van der Waals surface area contributed by atoms with Crippen LogP contribution < -0.4 is 4.90 Å². The molecule has 1 fully saturated rings. The summed E-state index contributed by atoms with van der Waals surface area (Å²) in [6.07, 6.45) is 2.01. The van der Waals surface area contributed by atoms with E-state index < -0.39 is 5.97 Å². The first-order valence-electron chi connectivity index (χ1n) is 5.70. The fourth-order valence-electron chi connectivity index (χ4n) is 2.09. The molecule has 0 spiro atoms. The number of anilines is 1. The highest BCUT2D eigenvalue weighted by atomic mass is 16.4. The number of carbonyl (C=O) groups is 1. The van der Waals surface area contributed by atoms with Crippen LogP contribution in [0.15, 0.2) is 18.3 Å². The van der Waals surface area contributed by atoms with Crippen molar-refractivity contribution in [3.63, 3.8) is 0 Å². The molecular formula is C12H16N2O3. The number of rotatable bonds is 3. The number of aromatic nitrogens is 1. The summed E-state index contributed by atoms with van der Waals surface area (Å²) in [4.78, 5) is 16.9. The van der Waals surface area contributed by atoms with Crippen LogP contribution in [0.1, 0.15) is 23.7 Å². The van der Waals surface area contributed by atoms with E-state index in [9.17, 15) is 9.90 Å². The quantitative estimate of drug-likeness (QED) is 0.818. The third-order valence-corrected chi connectivity index (χ3v) is 3.23. The Kier molecular flexibility index (Phi) is 3.28. The number of aliphatic hydroxyl groups excluding tert-OH is 1. The highest BCUT2D eigenvalue weighted by molar-refractivity contribution is 5.87. The molecule has 1 aliphatic rings. The molecule has 0 aromatic carbocycles. The fraction of sp³-hybridized carbons (Fsp3) is 0.500. The average molecular weight is 236 g/mol. The third kappa shape index (κ3) is 2.55. The molecule has 17 heavy (non-hydrogen) atoms. The highest BCUT2D eigenvalue weighted by Gasteiger charge is 2.26. The number of nitrogens with zero attached hydrogens (tertiary/aromatic N) is 2. The van der Waals surface area contributed by atoms with Crippen molar-refractivity contribution in [2.24, 2.45) is 5.92 Å². The zero-order valence-corrected chi connectivity index (χ0v) is 9.71. The Balaban J connectivity index is 2.06. The van der Waals surface area contributed by atoms with Gasteiger partial charge in [-0.25, -0.2) is 9.78 Å². The molecule has 0 bridgehead atoms. The van der Waals surface area contributed by atoms with Gasteiger partial charge in [-0.1, -0.05) is 0 Å². The van der Waals surface area contributed by atoms with Gasteiger partial charge in [0.15, 0.2) is 0 Å². The maximum absolute atomic E-state index is 10.7. The Hall–Kier alpha value is -1.62. The minimum absolute atomic E-state index is 0.194. The maximum Gasteiger partial charge on any atom is 0.337 e. The first-order chi connectivity index (χ1) is 8.08. The molecule has 2 N–H and O–H groups in total. The predicted octanol–water partition coefficient (Wildman–Crippen LogP) is 0.987. The maximum atomic E-state index is 10.7. The van der Waals surface area contributed by atoms with E-state index in [0.717, 1.165) is 25.3 Å². The minimum Gasteiger partial charge on any atom is -0.478 e. The Morgan fingerprint density at radius 2 is 2.35 bits per heavy atom. The van der Waals surface area contributed by atoms with Crippen molar-refractivity contribution < 1.29 is 15.0 Å². The lowest BCUT2D eigenvalue weighted by atomic mass is 10.0. The fourth-order valence-corrected chi connectivity index (χ4v) is 2.09. The van der Waals surface area contributed by atoms with Crippen LogP contribution in [0.2, 0.25) is 0 Å². The molecule has 5 nitrogen and oxygen atoms in total. The molecule has 2 rings (SSSR count). The SMILES string of the molecule is C[C@H](O)[C@H]1CCN(c2ccc(C(=O)O)cn2)C1. The van der Waals surface area contributed by atoms with Gasteiger partial charge in [0.2, 0.25) is 0 Å². The minimum atomic E-state index is -0.965. The van der Waals surface area contributed by atoms with Crippen LogP contribution in [0.25, 0.3) is 0 Å². The summed E-state index contributed by atoms with van der Waals surface area (Å²) in [6.45, 7) is 3.43. The van der Waals surface area contributed by atoms with Gasteiger partial charge in [-0.15, -0.1) is 0 Å². The second kappa shape index (κ2) is 4.71. The van der Waals surface area contributed by atoms with Gasteiger partial charge < -0.3 is 15.1 Å². The van der Waals surface area contributed by atoms with Crippen LogP contribution in [0.3, 0.4) is 0 Å². The molecule has 2 atom stereocenters. The number of aromatic carboxylic acids is 1. The first-order valence-corrected chi connectivity index (χ1v) is 5.70. The second-order valence-corrected chi connectivity index (χ2v) is 4.45. The molecule has 92 valence electrons. The third-order valence-electron chi connectivity index (χ3n) is 3.23. The summed E-state index contributed by atoms with van der Waals surface area (Å²) in [5.41, 5.74) is 0.194. The lowest BCUT2D eigenvalue weighted by Crippen LogP contribution is -2.24. The number of pyridine rings is 1. The molecule has 0 amide bonds. The molecule has 0 unspecified atom stereocenters. The van der Waals surface area contributed by atoms with E-state index in [-0.39, 0.29) is 17.6 Å². The number of hydrogen-bond donors (Lipinski definition) is 2. The average Bonchev–Trinajstić information content (AvgIpc) is 2.78. The summed E-state index contributed by atoms with van der Waals surface area (Å²) in [7, 11) is 0. The lowest BCUT2D eigenvalue weighted by Gasteiger charge is -2.18. The Bertz CT molecular complexity index is 403. The Morgan fingerprint density at radius 3 is 2.82 bits per heavy atom. The van der Waals surface area contributed by atoms with Crippen LogP contribution in [0.5, 0.6) is 0 Å². The van der Waals surface area contributed by atoms with Crippen molar-refractivity contribution in [2.45, 2.75) is 19.4 Å². The van der Waals surface area contributed by atoms with E-state index in [1.807, 2.05) is 0 Å². The van der Waals surface area contributed by atoms with E-state index in [1.54, 1.807) is 19.1 Å². The van der Waals surface area contributed by atoms with Crippen LogP contribution in [-0.2, 0) is 0 Å². The van der Waals surface area contributed by atoms with Crippen molar-refractivity contribution in [1.29, 1.82) is 0 Å². The van der Waals surface area contributed by atoms with Gasteiger partial charge >= 0.3 is 5.97 Å². The van der Waals surface area contributed by atoms with Crippen molar-refractivity contribution in [2.75, 3.05) is 18.0 Å². The number of carboxylic acids is 1. The summed E-state index contributed by atoms with van der Waals surface area (Å²) in [5.74, 6) is 0.0847. The van der Waals surface area contributed by atoms with Gasteiger partial charge in [-0.2, -0.15) is 0 Å². The molecule has 1 aromatic rings. The van der Waals surface area contributed by atoms with Crippen LogP contribution >= 0.6 is 0 Å². The molecule has 5 heteroatoms. The number of carboxylic acid groups (broad SMARTS) is 1. The zero-order chi connectivity index (χ0) is 12.4. The number of aliphatic hydroxyl groups is 1. The number of hydrogen-bond acceptors (Lipinski definition) is 4. The molecule has 0 aliphatic carbocycles. The van der Waals surface area contributed by atoms with Crippen molar-refractivity contribution in [1.82, 2.24) is 4.98 Å². The predicted molar refractivity (Wildman–Crippen MR) is 63.2 cm³/mol. The molecular weight excluding hydrogens is 220 g/mol. The molecule has 0 saturated carbocycles. The standard InChI is InChI=1S/C12H16N2O3/c1-8(15)10-4-5-14(7-10)11-3-2-9(6-13-11)12(16)17/h2-3,6,8,10,15H,4-5,7H2,1H3,(H,16,17)/t8-,10-/m0/s1. The van der Waals surface area contributed by atoms with Crippen LogP contribution in [-0.4, -0.2) is 40.4 Å². The molecule has 1 saturated heterocycles. The van der Waals surface area contributed by atoms with Gasteiger partial charge in [-0.3, -0.25) is 0 Å². The van der Waals surface area contributed by atoms with E-state index in [4.69, 9.17) is 5.11 Å². The summed E-state index contributed by atoms with van der Waals surface area (Å²) < 4.78 is 0. The van der Waals surface area contributed by atoms with E-state index in [0.29, 0.717) is 0 Å². The van der Waals surface area contributed by atoms with Crippen LogP contribution in [0, 0.1) is 5.92 Å². The van der Waals surface area contributed by atoms with E-state index in [1.165, 1.54) is 6.20 Å². The first kappa shape index (κ1) is 11.9.